The Kier molecular flexibility index (Phi) is 4.86. The number of halogens is 2. The van der Waals surface area contributed by atoms with E-state index in [1.165, 1.54) is 24.4 Å². The topological polar surface area (TPSA) is 78.0 Å². The molecule has 0 unspecified atom stereocenters. The van der Waals surface area contributed by atoms with Gasteiger partial charge in [0, 0.05) is 35.1 Å². The molecule has 24 heavy (non-hydrogen) atoms. The van der Waals surface area contributed by atoms with Crippen LogP contribution in [0.4, 0.5) is 0 Å². The highest BCUT2D eigenvalue weighted by molar-refractivity contribution is 6.35. The molecule has 3 rings (SSSR count). The second kappa shape index (κ2) is 6.90. The number of ether oxygens (including phenoxy) is 1. The smallest absolute Gasteiger partial charge is 0.186 e. The Bertz CT molecular complexity index is 794. The predicted octanol–water partition coefficient (Wildman–Crippen LogP) is 2.51. The normalized spacial score (nSPS) is 15.2. The number of imidazole rings is 1. The van der Waals surface area contributed by atoms with Crippen molar-refractivity contribution in [2.45, 2.75) is 18.4 Å². The van der Waals surface area contributed by atoms with E-state index < -0.39 is 11.8 Å². The summed E-state index contributed by atoms with van der Waals surface area (Å²) in [5.41, 5.74) is -1.07. The Hall–Kier alpha value is -1.93. The fourth-order valence-electron chi connectivity index (χ4n) is 2.66. The Morgan fingerprint density at radius 3 is 2.71 bits per heavy atom. The van der Waals surface area contributed by atoms with E-state index in [0.29, 0.717) is 15.6 Å². The van der Waals surface area contributed by atoms with Crippen molar-refractivity contribution < 1.29 is 9.84 Å². The van der Waals surface area contributed by atoms with E-state index in [9.17, 15) is 5.11 Å². The van der Waals surface area contributed by atoms with E-state index >= 15 is 0 Å². The molecule has 0 aliphatic heterocycles. The first kappa shape index (κ1) is 16.9. The molecule has 3 aromatic rings. The molecule has 2 heterocycles. The SMILES string of the molecule is CO[C@@H](n1cncn1)[C@](O)(Cn1ccnc1)c1ccc(Cl)cc1Cl. The molecule has 0 saturated carbocycles. The molecule has 2 aromatic heterocycles. The van der Waals surface area contributed by atoms with E-state index in [4.69, 9.17) is 27.9 Å². The van der Waals surface area contributed by atoms with Crippen LogP contribution in [0.25, 0.3) is 0 Å². The Balaban J connectivity index is 2.12. The summed E-state index contributed by atoms with van der Waals surface area (Å²) in [5.74, 6) is 0. The molecule has 126 valence electrons. The van der Waals surface area contributed by atoms with Crippen molar-refractivity contribution in [2.75, 3.05) is 7.11 Å². The van der Waals surface area contributed by atoms with Crippen LogP contribution in [0.5, 0.6) is 0 Å². The van der Waals surface area contributed by atoms with Crippen molar-refractivity contribution in [2.24, 2.45) is 0 Å². The standard InChI is InChI=1S/C15H15Cl2N5O2/c1-24-14(22-10-19-8-20-22)15(23,7-21-5-4-18-9-21)12-3-2-11(16)6-13(12)17/h2-6,8-10,14,23H,7H2,1H3/t14-,15+/m1/s1. The van der Waals surface area contributed by atoms with Gasteiger partial charge < -0.3 is 14.4 Å². The first-order chi connectivity index (χ1) is 11.5. The Morgan fingerprint density at radius 1 is 1.29 bits per heavy atom. The van der Waals surface area contributed by atoms with Crippen LogP contribution < -0.4 is 0 Å². The van der Waals surface area contributed by atoms with Crippen LogP contribution in [-0.4, -0.2) is 36.5 Å². The van der Waals surface area contributed by atoms with Crippen LogP contribution in [0, 0.1) is 0 Å². The first-order valence-electron chi connectivity index (χ1n) is 7.05. The number of hydrogen-bond acceptors (Lipinski definition) is 5. The third-order valence-corrected chi connectivity index (χ3v) is 4.24. The van der Waals surface area contributed by atoms with E-state index in [-0.39, 0.29) is 6.54 Å². The fourth-order valence-corrected chi connectivity index (χ4v) is 3.23. The van der Waals surface area contributed by atoms with Crippen LogP contribution in [0.15, 0.2) is 49.6 Å². The molecule has 0 radical (unpaired) electrons. The van der Waals surface area contributed by atoms with Crippen molar-refractivity contribution >= 4 is 23.2 Å². The lowest BCUT2D eigenvalue weighted by molar-refractivity contribution is -0.152. The van der Waals surface area contributed by atoms with Crippen molar-refractivity contribution in [3.63, 3.8) is 0 Å². The molecule has 0 spiro atoms. The highest BCUT2D eigenvalue weighted by Gasteiger charge is 2.43. The second-order valence-corrected chi connectivity index (χ2v) is 6.09. The number of methoxy groups -OCH3 is 1. The summed E-state index contributed by atoms with van der Waals surface area (Å²) in [6.07, 6.45) is 6.94. The number of aromatic nitrogens is 5. The average Bonchev–Trinajstić information content (AvgIpc) is 3.21. The summed E-state index contributed by atoms with van der Waals surface area (Å²) < 4.78 is 8.70. The maximum Gasteiger partial charge on any atom is 0.186 e. The molecule has 7 nitrogen and oxygen atoms in total. The monoisotopic (exact) mass is 367 g/mol. The zero-order chi connectivity index (χ0) is 17.2. The molecule has 9 heteroatoms. The van der Waals surface area contributed by atoms with Gasteiger partial charge in [-0.2, -0.15) is 5.10 Å². The number of aliphatic hydroxyl groups is 1. The minimum absolute atomic E-state index is 0.146. The van der Waals surface area contributed by atoms with Gasteiger partial charge in [0.05, 0.1) is 12.9 Å². The molecule has 2 atom stereocenters. The van der Waals surface area contributed by atoms with Gasteiger partial charge >= 0.3 is 0 Å². The summed E-state index contributed by atoms with van der Waals surface area (Å²) in [4.78, 5) is 7.93. The van der Waals surface area contributed by atoms with Crippen LogP contribution in [0.2, 0.25) is 10.0 Å². The number of rotatable bonds is 6. The predicted molar refractivity (Wildman–Crippen MR) is 88.7 cm³/mol. The van der Waals surface area contributed by atoms with Gasteiger partial charge in [-0.25, -0.2) is 14.6 Å². The van der Waals surface area contributed by atoms with E-state index in [1.54, 1.807) is 41.5 Å². The summed E-state index contributed by atoms with van der Waals surface area (Å²) >= 11 is 12.3. The van der Waals surface area contributed by atoms with Gasteiger partial charge in [0.1, 0.15) is 12.7 Å². The molecule has 0 amide bonds. The molecule has 0 aliphatic rings. The lowest BCUT2D eigenvalue weighted by Gasteiger charge is -2.36. The third-order valence-electron chi connectivity index (χ3n) is 3.69. The zero-order valence-corrected chi connectivity index (χ0v) is 14.3. The van der Waals surface area contributed by atoms with E-state index in [1.807, 2.05) is 0 Å². The van der Waals surface area contributed by atoms with Crippen LogP contribution in [0.1, 0.15) is 11.8 Å². The lowest BCUT2D eigenvalue weighted by Crippen LogP contribution is -2.42. The Morgan fingerprint density at radius 2 is 2.12 bits per heavy atom. The molecule has 1 aromatic carbocycles. The zero-order valence-electron chi connectivity index (χ0n) is 12.8. The number of benzene rings is 1. The van der Waals surface area contributed by atoms with E-state index in [2.05, 4.69) is 15.1 Å². The van der Waals surface area contributed by atoms with E-state index in [0.717, 1.165) is 0 Å². The fraction of sp³-hybridized carbons (Fsp3) is 0.267. The summed E-state index contributed by atoms with van der Waals surface area (Å²) in [6.45, 7) is 0.146. The first-order valence-corrected chi connectivity index (χ1v) is 7.81. The lowest BCUT2D eigenvalue weighted by atomic mass is 9.91. The molecule has 0 fully saturated rings. The minimum Gasteiger partial charge on any atom is -0.378 e. The van der Waals surface area contributed by atoms with Crippen LogP contribution >= 0.6 is 23.2 Å². The molecule has 0 bridgehead atoms. The van der Waals surface area contributed by atoms with Gasteiger partial charge in [0.15, 0.2) is 11.8 Å². The summed E-state index contributed by atoms with van der Waals surface area (Å²) in [7, 11) is 1.48. The van der Waals surface area contributed by atoms with Crippen molar-refractivity contribution in [3.05, 3.63) is 65.2 Å². The maximum atomic E-state index is 11.6. The third kappa shape index (κ3) is 3.16. The summed E-state index contributed by atoms with van der Waals surface area (Å²) in [5, 5.41) is 16.5. The van der Waals surface area contributed by atoms with Crippen LogP contribution in [-0.2, 0) is 16.9 Å². The van der Waals surface area contributed by atoms with Gasteiger partial charge in [0.25, 0.3) is 0 Å². The number of hydrogen-bond donors (Lipinski definition) is 1. The molecule has 1 N–H and O–H groups in total. The van der Waals surface area contributed by atoms with Gasteiger partial charge in [-0.3, -0.25) is 0 Å². The molecular formula is C15H15Cl2N5O2. The largest absolute Gasteiger partial charge is 0.378 e. The van der Waals surface area contributed by atoms with Gasteiger partial charge in [-0.15, -0.1) is 0 Å². The maximum absolute atomic E-state index is 11.6. The highest BCUT2D eigenvalue weighted by Crippen LogP contribution is 2.39. The molecule has 0 aliphatic carbocycles. The quantitative estimate of drug-likeness (QED) is 0.724. The van der Waals surface area contributed by atoms with Crippen molar-refractivity contribution in [1.82, 2.24) is 24.3 Å². The minimum atomic E-state index is -1.54. The van der Waals surface area contributed by atoms with Gasteiger partial charge in [-0.05, 0) is 12.1 Å². The van der Waals surface area contributed by atoms with Gasteiger partial charge in [-0.1, -0.05) is 29.3 Å². The molecule has 0 saturated heterocycles. The van der Waals surface area contributed by atoms with Crippen molar-refractivity contribution in [1.29, 1.82) is 0 Å². The molecular weight excluding hydrogens is 353 g/mol. The highest BCUT2D eigenvalue weighted by atomic mass is 35.5. The second-order valence-electron chi connectivity index (χ2n) is 5.25. The van der Waals surface area contributed by atoms with Crippen LogP contribution in [0.3, 0.4) is 0 Å². The van der Waals surface area contributed by atoms with Crippen molar-refractivity contribution in [3.8, 4) is 0 Å². The summed E-state index contributed by atoms with van der Waals surface area (Å²) in [6, 6.07) is 4.91. The Labute approximate surface area is 148 Å². The van der Waals surface area contributed by atoms with Gasteiger partial charge in [0.2, 0.25) is 0 Å². The number of nitrogens with zero attached hydrogens (tertiary/aromatic N) is 5. The average molecular weight is 368 g/mol.